The van der Waals surface area contributed by atoms with Crippen molar-refractivity contribution < 1.29 is 9.90 Å². The average molecular weight is 287 g/mol. The van der Waals surface area contributed by atoms with Crippen molar-refractivity contribution in [1.82, 2.24) is 0 Å². The Bertz CT molecular complexity index is 105. The maximum atomic E-state index is 9.26. The van der Waals surface area contributed by atoms with Crippen molar-refractivity contribution in [2.24, 2.45) is 0 Å². The molecule has 0 fully saturated rings. The van der Waals surface area contributed by atoms with Gasteiger partial charge in [0.25, 0.3) is 0 Å². The van der Waals surface area contributed by atoms with Crippen molar-refractivity contribution in [3.05, 3.63) is 0 Å². The molecule has 1 radical (unpaired) electrons. The Morgan fingerprint density at radius 2 is 1.83 bits per heavy atom. The fourth-order valence-electron chi connectivity index (χ4n) is 0.402. The number of carbonyl (C=O) groups is 1. The molecule has 0 saturated carbocycles. The second kappa shape index (κ2) is 11.3. The average Bonchev–Trinajstić information content (AvgIpc) is 2.06. The van der Waals surface area contributed by atoms with Crippen LogP contribution in [0.1, 0.15) is 40.5 Å². The summed E-state index contributed by atoms with van der Waals surface area (Å²) in [4.78, 5) is 9.26. The number of carboxylic acids is 1. The van der Waals surface area contributed by atoms with Gasteiger partial charge < -0.3 is 9.90 Å². The summed E-state index contributed by atoms with van der Waals surface area (Å²) in [5, 5.41) is 9.26. The van der Waals surface area contributed by atoms with Gasteiger partial charge in [0.15, 0.2) is 0 Å². The van der Waals surface area contributed by atoms with Crippen LogP contribution >= 0.6 is 0 Å². The van der Waals surface area contributed by atoms with E-state index in [4.69, 9.17) is 0 Å². The second-order valence-corrected chi connectivity index (χ2v) is 7.30. The van der Waals surface area contributed by atoms with Gasteiger partial charge in [-0.1, -0.05) is 6.92 Å². The standard InChI is InChI=1S/C6H14Te.C3H6O2/c1-4-6(3)7-5-2;1-2-3(4)5/h6H,4-5H2,1-3H3;2H2,1H3,(H,4,5)/q+1;/p-1. The topological polar surface area (TPSA) is 40.1 Å². The minimum atomic E-state index is -0.995. The molecule has 1 atom stereocenters. The van der Waals surface area contributed by atoms with Crippen molar-refractivity contribution in [3.63, 3.8) is 0 Å². The molecule has 0 aliphatic heterocycles. The molecule has 12 heavy (non-hydrogen) atoms. The van der Waals surface area contributed by atoms with E-state index in [9.17, 15) is 9.90 Å². The van der Waals surface area contributed by atoms with Crippen molar-refractivity contribution in [2.45, 2.75) is 49.0 Å². The summed E-state index contributed by atoms with van der Waals surface area (Å²) in [6, 6.07) is 0. The molecule has 0 amide bonds. The first-order chi connectivity index (χ1) is 5.58. The Labute approximate surface area is 85.8 Å². The molecule has 2 nitrogen and oxygen atoms in total. The molecular weight excluding hydrogens is 268 g/mol. The molecule has 0 aromatic rings. The number of rotatable bonds is 4. The van der Waals surface area contributed by atoms with Gasteiger partial charge in [-0.25, -0.2) is 0 Å². The Kier molecular flexibility index (Phi) is 13.9. The number of carboxylic acid groups (broad SMARTS) is 1. The predicted octanol–water partition coefficient (Wildman–Crippen LogP) is 1.49. The quantitative estimate of drug-likeness (QED) is 0.735. The third-order valence-electron chi connectivity index (χ3n) is 1.31. The molecule has 0 saturated heterocycles. The second-order valence-electron chi connectivity index (χ2n) is 2.40. The van der Waals surface area contributed by atoms with Crippen LogP contribution in [0.15, 0.2) is 0 Å². The van der Waals surface area contributed by atoms with Crippen LogP contribution < -0.4 is 5.11 Å². The summed E-state index contributed by atoms with van der Waals surface area (Å²) in [5.74, 6) is -0.995. The van der Waals surface area contributed by atoms with Crippen LogP contribution in [0.3, 0.4) is 0 Å². The molecule has 3 heteroatoms. The number of hydrogen-bond donors (Lipinski definition) is 0. The van der Waals surface area contributed by atoms with E-state index in [-0.39, 0.29) is 6.42 Å². The van der Waals surface area contributed by atoms with Crippen LogP contribution in [0.2, 0.25) is 8.43 Å². The van der Waals surface area contributed by atoms with Gasteiger partial charge in [0.05, 0.1) is 0 Å². The van der Waals surface area contributed by atoms with Gasteiger partial charge in [0.2, 0.25) is 0 Å². The van der Waals surface area contributed by atoms with E-state index in [1.54, 1.807) is 0 Å². The first-order valence-electron chi connectivity index (χ1n) is 4.39. The molecule has 0 rings (SSSR count). The molecular formula is C9H19O2Te. The normalized spacial score (nSPS) is 11.3. The van der Waals surface area contributed by atoms with Crippen molar-refractivity contribution >= 4 is 26.9 Å². The van der Waals surface area contributed by atoms with Crippen LogP contribution in [0.25, 0.3) is 0 Å². The van der Waals surface area contributed by atoms with Crippen LogP contribution in [-0.4, -0.2) is 26.9 Å². The summed E-state index contributed by atoms with van der Waals surface area (Å²) >= 11 is 0.413. The summed E-state index contributed by atoms with van der Waals surface area (Å²) in [5.41, 5.74) is 0. The van der Waals surface area contributed by atoms with E-state index in [0.717, 1.165) is 3.97 Å². The van der Waals surface area contributed by atoms with Crippen molar-refractivity contribution in [2.75, 3.05) is 0 Å². The van der Waals surface area contributed by atoms with Gasteiger partial charge in [-0.3, -0.25) is 0 Å². The molecule has 0 spiro atoms. The van der Waals surface area contributed by atoms with Crippen molar-refractivity contribution in [1.29, 1.82) is 0 Å². The fourth-order valence-corrected chi connectivity index (χ4v) is 2.70. The van der Waals surface area contributed by atoms with Gasteiger partial charge >= 0.3 is 56.5 Å². The number of hydrogen-bond acceptors (Lipinski definition) is 2. The third-order valence-corrected chi connectivity index (χ3v) is 4.84. The van der Waals surface area contributed by atoms with Gasteiger partial charge in [0.1, 0.15) is 0 Å². The van der Waals surface area contributed by atoms with Crippen LogP contribution in [-0.2, 0) is 4.79 Å². The molecule has 0 N–H and O–H groups in total. The van der Waals surface area contributed by atoms with E-state index >= 15 is 0 Å². The Hall–Kier alpha value is 0.260. The molecule has 0 aromatic heterocycles. The predicted molar refractivity (Wildman–Crippen MR) is 51.2 cm³/mol. The summed E-state index contributed by atoms with van der Waals surface area (Å²) in [6.45, 7) is 8.49. The molecule has 1 unspecified atom stereocenters. The van der Waals surface area contributed by atoms with Crippen molar-refractivity contribution in [3.8, 4) is 0 Å². The Morgan fingerprint density at radius 1 is 1.42 bits per heavy atom. The zero-order valence-electron chi connectivity index (χ0n) is 8.42. The van der Waals surface area contributed by atoms with E-state index in [2.05, 4.69) is 20.8 Å². The molecule has 73 valence electrons. The minimum absolute atomic E-state index is 0.111. The summed E-state index contributed by atoms with van der Waals surface area (Å²) in [7, 11) is 0. The zero-order valence-corrected chi connectivity index (χ0v) is 10.8. The number of carbonyl (C=O) groups excluding carboxylic acids is 1. The molecule has 0 aliphatic carbocycles. The van der Waals surface area contributed by atoms with E-state index in [1.165, 1.54) is 17.8 Å². The maximum absolute atomic E-state index is 9.26. The SMILES string of the molecule is CCC(=O)[O-].CC[Te+]C(C)CC. The van der Waals surface area contributed by atoms with E-state index in [1.807, 2.05) is 0 Å². The van der Waals surface area contributed by atoms with Gasteiger partial charge in [-0.05, 0) is 6.42 Å². The zero-order chi connectivity index (χ0) is 9.98. The fraction of sp³-hybridized carbons (Fsp3) is 0.889. The van der Waals surface area contributed by atoms with E-state index in [0.29, 0.717) is 20.9 Å². The van der Waals surface area contributed by atoms with Gasteiger partial charge in [-0.15, -0.1) is 0 Å². The van der Waals surface area contributed by atoms with Crippen LogP contribution in [0, 0.1) is 0 Å². The monoisotopic (exact) mass is 289 g/mol. The first-order valence-corrected chi connectivity index (χ1v) is 7.39. The summed E-state index contributed by atoms with van der Waals surface area (Å²) < 4.78 is 2.55. The molecule has 0 aromatic carbocycles. The molecule has 0 bridgehead atoms. The molecule has 0 aliphatic rings. The Balaban J connectivity index is 0. The van der Waals surface area contributed by atoms with Gasteiger partial charge in [0, 0.05) is 5.97 Å². The Morgan fingerprint density at radius 3 is 1.92 bits per heavy atom. The third kappa shape index (κ3) is 16.7. The van der Waals surface area contributed by atoms with E-state index < -0.39 is 5.97 Å². The summed E-state index contributed by atoms with van der Waals surface area (Å²) in [6.07, 6.45) is 1.51. The number of aliphatic carboxylic acids is 1. The molecule has 0 heterocycles. The van der Waals surface area contributed by atoms with Gasteiger partial charge in [-0.2, -0.15) is 0 Å². The van der Waals surface area contributed by atoms with Crippen LogP contribution in [0.4, 0.5) is 0 Å². The first kappa shape index (κ1) is 14.8. The van der Waals surface area contributed by atoms with Crippen LogP contribution in [0.5, 0.6) is 0 Å².